The lowest BCUT2D eigenvalue weighted by Gasteiger charge is -2.06. The van der Waals surface area contributed by atoms with Crippen LogP contribution in [-0.4, -0.2) is 12.4 Å². The van der Waals surface area contributed by atoms with Crippen LogP contribution in [0.2, 0.25) is 0 Å². The summed E-state index contributed by atoms with van der Waals surface area (Å²) in [6, 6.07) is 14.8. The molecule has 0 aliphatic carbocycles. The van der Waals surface area contributed by atoms with Crippen molar-refractivity contribution in [2.45, 2.75) is 13.3 Å². The van der Waals surface area contributed by atoms with Gasteiger partial charge in [0, 0.05) is 13.0 Å². The maximum Gasteiger partial charge on any atom is 0.115 e. The van der Waals surface area contributed by atoms with Gasteiger partial charge in [0.25, 0.3) is 0 Å². The number of nitrogens with two attached hydrogens (primary N) is 1. The summed E-state index contributed by atoms with van der Waals surface area (Å²) in [5, 5.41) is 2.50. The maximum absolute atomic E-state index is 5.44. The first-order valence-electron chi connectivity index (χ1n) is 5.81. The summed E-state index contributed by atoms with van der Waals surface area (Å²) in [4.78, 5) is 4.30. The van der Waals surface area contributed by atoms with E-state index in [2.05, 4.69) is 40.8 Å². The van der Waals surface area contributed by atoms with Crippen LogP contribution in [0.5, 0.6) is 0 Å². The molecule has 3 nitrogen and oxygen atoms in total. The van der Waals surface area contributed by atoms with Crippen LogP contribution in [0.25, 0.3) is 10.8 Å². The zero-order valence-corrected chi connectivity index (χ0v) is 9.98. The number of hydrogen-bond acceptors (Lipinski definition) is 2. The molecule has 0 bridgehead atoms. The van der Waals surface area contributed by atoms with E-state index in [0.717, 1.165) is 18.8 Å². The summed E-state index contributed by atoms with van der Waals surface area (Å²) in [5.74, 6) is 6.26. The lowest BCUT2D eigenvalue weighted by molar-refractivity contribution is 0.958. The van der Waals surface area contributed by atoms with E-state index in [9.17, 15) is 0 Å². The van der Waals surface area contributed by atoms with Crippen molar-refractivity contribution in [2.24, 2.45) is 10.8 Å². The molecular formula is C14H17N3. The standard InChI is InChI=1S/C14H17N3/c1-2-16-14(17-15)10-11-7-8-12-5-3-4-6-13(12)9-11/h3-9H,2,10,15H2,1H3,(H,16,17). The van der Waals surface area contributed by atoms with E-state index in [0.29, 0.717) is 0 Å². The van der Waals surface area contributed by atoms with Crippen LogP contribution in [0, 0.1) is 0 Å². The molecule has 0 saturated carbocycles. The third-order valence-electron chi connectivity index (χ3n) is 2.70. The number of rotatable bonds is 3. The first kappa shape index (κ1) is 11.6. The van der Waals surface area contributed by atoms with E-state index in [1.54, 1.807) is 0 Å². The van der Waals surface area contributed by atoms with E-state index in [4.69, 9.17) is 5.84 Å². The van der Waals surface area contributed by atoms with Gasteiger partial charge in [-0.1, -0.05) is 42.5 Å². The van der Waals surface area contributed by atoms with Crippen molar-refractivity contribution in [2.75, 3.05) is 6.54 Å². The summed E-state index contributed by atoms with van der Waals surface area (Å²) in [5.41, 5.74) is 3.87. The zero-order valence-electron chi connectivity index (χ0n) is 9.98. The number of nitrogens with one attached hydrogen (secondary N) is 1. The Morgan fingerprint density at radius 3 is 2.65 bits per heavy atom. The van der Waals surface area contributed by atoms with Crippen molar-refractivity contribution >= 4 is 16.6 Å². The summed E-state index contributed by atoms with van der Waals surface area (Å²) in [6.45, 7) is 2.74. The second-order valence-electron chi connectivity index (χ2n) is 3.92. The Morgan fingerprint density at radius 1 is 1.18 bits per heavy atom. The average Bonchev–Trinajstić information content (AvgIpc) is 2.38. The van der Waals surface area contributed by atoms with Gasteiger partial charge in [-0.15, -0.1) is 0 Å². The van der Waals surface area contributed by atoms with Crippen LogP contribution in [0.4, 0.5) is 0 Å². The molecule has 0 saturated heterocycles. The molecule has 0 heterocycles. The monoisotopic (exact) mass is 227 g/mol. The largest absolute Gasteiger partial charge is 0.312 e. The molecule has 0 unspecified atom stereocenters. The highest BCUT2D eigenvalue weighted by Gasteiger charge is 2.00. The molecule has 0 aliphatic heterocycles. The maximum atomic E-state index is 5.44. The van der Waals surface area contributed by atoms with Gasteiger partial charge in [-0.05, 0) is 23.3 Å². The van der Waals surface area contributed by atoms with Gasteiger partial charge in [0.15, 0.2) is 0 Å². The van der Waals surface area contributed by atoms with Gasteiger partial charge in [-0.2, -0.15) is 0 Å². The van der Waals surface area contributed by atoms with Crippen molar-refractivity contribution in [3.63, 3.8) is 0 Å². The summed E-state index contributed by atoms with van der Waals surface area (Å²) < 4.78 is 0. The first-order chi connectivity index (χ1) is 8.33. The first-order valence-corrected chi connectivity index (χ1v) is 5.81. The minimum atomic E-state index is 0.743. The number of aliphatic imine (C=N–C) groups is 1. The molecule has 2 aromatic rings. The predicted octanol–water partition coefficient (Wildman–Crippen LogP) is 2.26. The number of hydrazine groups is 1. The van der Waals surface area contributed by atoms with Crippen LogP contribution in [0.15, 0.2) is 47.5 Å². The second-order valence-corrected chi connectivity index (χ2v) is 3.92. The van der Waals surface area contributed by atoms with E-state index in [1.165, 1.54) is 16.3 Å². The van der Waals surface area contributed by atoms with Crippen LogP contribution in [0.1, 0.15) is 12.5 Å². The third-order valence-corrected chi connectivity index (χ3v) is 2.70. The van der Waals surface area contributed by atoms with E-state index in [-0.39, 0.29) is 0 Å². The molecule has 17 heavy (non-hydrogen) atoms. The minimum absolute atomic E-state index is 0.743. The quantitative estimate of drug-likeness (QED) is 0.366. The van der Waals surface area contributed by atoms with Gasteiger partial charge in [-0.3, -0.25) is 4.99 Å². The highest BCUT2D eigenvalue weighted by Crippen LogP contribution is 2.15. The molecular weight excluding hydrogens is 210 g/mol. The van der Waals surface area contributed by atoms with Crippen molar-refractivity contribution in [3.05, 3.63) is 48.0 Å². The normalized spacial score (nSPS) is 11.8. The molecule has 0 amide bonds. The molecule has 2 aromatic carbocycles. The van der Waals surface area contributed by atoms with Crippen LogP contribution in [-0.2, 0) is 6.42 Å². The average molecular weight is 227 g/mol. The lowest BCUT2D eigenvalue weighted by Crippen LogP contribution is -2.32. The molecule has 0 fully saturated rings. The van der Waals surface area contributed by atoms with Gasteiger partial charge in [0.05, 0.1) is 0 Å². The highest BCUT2D eigenvalue weighted by atomic mass is 15.2. The second kappa shape index (κ2) is 5.46. The predicted molar refractivity (Wildman–Crippen MR) is 73.0 cm³/mol. The lowest BCUT2D eigenvalue weighted by atomic mass is 10.0. The van der Waals surface area contributed by atoms with Crippen molar-refractivity contribution in [1.29, 1.82) is 0 Å². The minimum Gasteiger partial charge on any atom is -0.312 e. The summed E-state index contributed by atoms with van der Waals surface area (Å²) in [6.07, 6.45) is 0.745. The number of fused-ring (bicyclic) bond motifs is 1. The van der Waals surface area contributed by atoms with Crippen molar-refractivity contribution < 1.29 is 0 Å². The van der Waals surface area contributed by atoms with Crippen molar-refractivity contribution in [1.82, 2.24) is 5.43 Å². The summed E-state index contributed by atoms with van der Waals surface area (Å²) >= 11 is 0. The number of amidine groups is 1. The van der Waals surface area contributed by atoms with Crippen molar-refractivity contribution in [3.8, 4) is 0 Å². The molecule has 0 aromatic heterocycles. The molecule has 2 rings (SSSR count). The van der Waals surface area contributed by atoms with Gasteiger partial charge >= 0.3 is 0 Å². The van der Waals surface area contributed by atoms with Gasteiger partial charge in [-0.25, -0.2) is 5.84 Å². The van der Waals surface area contributed by atoms with E-state index in [1.807, 2.05) is 19.1 Å². The number of nitrogens with zero attached hydrogens (tertiary/aromatic N) is 1. The molecule has 0 aliphatic rings. The SMILES string of the molecule is CCN=C(Cc1ccc2ccccc2c1)NN. The molecule has 3 heteroatoms. The van der Waals surface area contributed by atoms with Crippen LogP contribution in [0.3, 0.4) is 0 Å². The fraction of sp³-hybridized carbons (Fsp3) is 0.214. The Bertz CT molecular complexity index is 532. The van der Waals surface area contributed by atoms with Gasteiger partial charge in [0.1, 0.15) is 5.84 Å². The topological polar surface area (TPSA) is 50.4 Å². The molecule has 0 atom stereocenters. The smallest absolute Gasteiger partial charge is 0.115 e. The highest BCUT2D eigenvalue weighted by molar-refractivity contribution is 5.87. The van der Waals surface area contributed by atoms with E-state index < -0.39 is 0 Å². The number of hydrogen-bond donors (Lipinski definition) is 2. The van der Waals surface area contributed by atoms with Gasteiger partial charge in [0.2, 0.25) is 0 Å². The Labute approximate surface area is 101 Å². The number of benzene rings is 2. The summed E-state index contributed by atoms with van der Waals surface area (Å²) in [7, 11) is 0. The van der Waals surface area contributed by atoms with Crippen LogP contribution >= 0.6 is 0 Å². The third kappa shape index (κ3) is 2.82. The van der Waals surface area contributed by atoms with Crippen LogP contribution < -0.4 is 11.3 Å². The van der Waals surface area contributed by atoms with Gasteiger partial charge < -0.3 is 5.43 Å². The fourth-order valence-corrected chi connectivity index (χ4v) is 1.89. The van der Waals surface area contributed by atoms with E-state index >= 15 is 0 Å². The Kier molecular flexibility index (Phi) is 3.73. The fourth-order valence-electron chi connectivity index (χ4n) is 1.89. The molecule has 0 radical (unpaired) electrons. The molecule has 3 N–H and O–H groups in total. The Balaban J connectivity index is 2.27. The molecule has 88 valence electrons. The Morgan fingerprint density at radius 2 is 1.94 bits per heavy atom. The molecule has 0 spiro atoms. The zero-order chi connectivity index (χ0) is 12.1. The Hall–Kier alpha value is -1.87.